The number of hydrogen-bond acceptors (Lipinski definition) is 8. The number of esters is 1. The average Bonchev–Trinajstić information content (AvgIpc) is 3.20. The second kappa shape index (κ2) is 7.47. The molecule has 1 amide bonds. The van der Waals surface area contributed by atoms with E-state index in [4.69, 9.17) is 18.7 Å². The molecule has 2 heterocycles. The molecule has 8 nitrogen and oxygen atoms in total. The lowest BCUT2D eigenvalue weighted by Gasteiger charge is -2.10. The molecular weight excluding hydrogens is 348 g/mol. The molecule has 0 saturated heterocycles. The third kappa shape index (κ3) is 4.44. The van der Waals surface area contributed by atoms with Crippen molar-refractivity contribution in [2.75, 3.05) is 17.9 Å². The predicted molar refractivity (Wildman–Crippen MR) is 90.0 cm³/mol. The SMILES string of the molecule is Cc1cc(NC(=O)[C@H](C)SCC(=O)Oc2ccc3c(c2)OCO3)no1. The summed E-state index contributed by atoms with van der Waals surface area (Å²) in [5, 5.41) is 5.85. The van der Waals surface area contributed by atoms with Crippen molar-refractivity contribution in [2.24, 2.45) is 0 Å². The van der Waals surface area contributed by atoms with Crippen LogP contribution in [-0.2, 0) is 9.59 Å². The zero-order valence-corrected chi connectivity index (χ0v) is 14.4. The summed E-state index contributed by atoms with van der Waals surface area (Å²) < 4.78 is 20.5. The van der Waals surface area contributed by atoms with Gasteiger partial charge in [-0.05, 0) is 26.0 Å². The molecule has 3 rings (SSSR count). The van der Waals surface area contributed by atoms with Crippen LogP contribution in [0.5, 0.6) is 17.2 Å². The van der Waals surface area contributed by atoms with Gasteiger partial charge in [0.2, 0.25) is 12.7 Å². The van der Waals surface area contributed by atoms with Crippen LogP contribution in [0.3, 0.4) is 0 Å². The van der Waals surface area contributed by atoms with Crippen LogP contribution in [-0.4, -0.2) is 34.8 Å². The number of amides is 1. The largest absolute Gasteiger partial charge is 0.454 e. The molecule has 1 aromatic heterocycles. The van der Waals surface area contributed by atoms with Crippen molar-refractivity contribution in [1.29, 1.82) is 0 Å². The molecule has 0 fully saturated rings. The Labute approximate surface area is 147 Å². The number of carbonyl (C=O) groups excluding carboxylic acids is 2. The van der Waals surface area contributed by atoms with Crippen molar-refractivity contribution in [2.45, 2.75) is 19.1 Å². The van der Waals surface area contributed by atoms with Gasteiger partial charge >= 0.3 is 5.97 Å². The Morgan fingerprint density at radius 1 is 1.32 bits per heavy atom. The summed E-state index contributed by atoms with van der Waals surface area (Å²) in [5.74, 6) is 1.76. The van der Waals surface area contributed by atoms with Gasteiger partial charge < -0.3 is 24.1 Å². The number of nitrogens with zero attached hydrogens (tertiary/aromatic N) is 1. The van der Waals surface area contributed by atoms with Gasteiger partial charge in [0.1, 0.15) is 11.5 Å². The lowest BCUT2D eigenvalue weighted by Crippen LogP contribution is -2.24. The molecule has 0 spiro atoms. The zero-order valence-electron chi connectivity index (χ0n) is 13.6. The molecule has 0 aliphatic carbocycles. The number of anilines is 1. The van der Waals surface area contributed by atoms with Crippen LogP contribution >= 0.6 is 11.8 Å². The van der Waals surface area contributed by atoms with Crippen molar-refractivity contribution in [3.8, 4) is 17.2 Å². The number of fused-ring (bicyclic) bond motifs is 1. The van der Waals surface area contributed by atoms with E-state index in [1.165, 1.54) is 0 Å². The molecule has 0 bridgehead atoms. The van der Waals surface area contributed by atoms with E-state index in [9.17, 15) is 9.59 Å². The maximum Gasteiger partial charge on any atom is 0.321 e. The second-order valence-corrected chi connectivity index (χ2v) is 6.58. The number of ether oxygens (including phenoxy) is 3. The van der Waals surface area contributed by atoms with Crippen LogP contribution in [0.15, 0.2) is 28.8 Å². The molecule has 1 aliphatic rings. The Bertz CT molecular complexity index is 791. The summed E-state index contributed by atoms with van der Waals surface area (Å²) in [6, 6.07) is 6.50. The maximum absolute atomic E-state index is 12.0. The quantitative estimate of drug-likeness (QED) is 0.616. The third-order valence-corrected chi connectivity index (χ3v) is 4.39. The second-order valence-electron chi connectivity index (χ2n) is 5.25. The molecule has 0 saturated carbocycles. The summed E-state index contributed by atoms with van der Waals surface area (Å²) in [6.07, 6.45) is 0. The molecule has 0 radical (unpaired) electrons. The summed E-state index contributed by atoms with van der Waals surface area (Å²) in [7, 11) is 0. The highest BCUT2D eigenvalue weighted by Crippen LogP contribution is 2.35. The summed E-state index contributed by atoms with van der Waals surface area (Å²) >= 11 is 1.16. The van der Waals surface area contributed by atoms with Crippen LogP contribution in [0.25, 0.3) is 0 Å². The number of hydrogen-bond donors (Lipinski definition) is 1. The highest BCUT2D eigenvalue weighted by Gasteiger charge is 2.19. The van der Waals surface area contributed by atoms with Gasteiger partial charge in [0.05, 0.1) is 11.0 Å². The van der Waals surface area contributed by atoms with Gasteiger partial charge in [0.25, 0.3) is 0 Å². The average molecular weight is 364 g/mol. The number of carbonyl (C=O) groups is 2. The predicted octanol–water partition coefficient (Wildman–Crippen LogP) is 2.38. The monoisotopic (exact) mass is 364 g/mol. The van der Waals surface area contributed by atoms with Gasteiger partial charge in [-0.1, -0.05) is 5.16 Å². The minimum atomic E-state index is -0.458. The van der Waals surface area contributed by atoms with E-state index >= 15 is 0 Å². The van der Waals surface area contributed by atoms with E-state index in [-0.39, 0.29) is 18.5 Å². The summed E-state index contributed by atoms with van der Waals surface area (Å²) in [5.41, 5.74) is 0. The maximum atomic E-state index is 12.0. The number of aryl methyl sites for hydroxylation is 1. The Morgan fingerprint density at radius 2 is 2.12 bits per heavy atom. The van der Waals surface area contributed by atoms with Gasteiger partial charge in [0, 0.05) is 12.1 Å². The number of thioether (sulfide) groups is 1. The Balaban J connectivity index is 1.45. The van der Waals surface area contributed by atoms with E-state index in [0.29, 0.717) is 28.8 Å². The van der Waals surface area contributed by atoms with Crippen LogP contribution in [0.2, 0.25) is 0 Å². The minimum Gasteiger partial charge on any atom is -0.454 e. The number of aromatic nitrogens is 1. The number of benzene rings is 1. The molecule has 1 atom stereocenters. The first-order valence-electron chi connectivity index (χ1n) is 7.47. The highest BCUT2D eigenvalue weighted by atomic mass is 32.2. The van der Waals surface area contributed by atoms with Gasteiger partial charge in [0.15, 0.2) is 17.3 Å². The van der Waals surface area contributed by atoms with Gasteiger partial charge in [-0.25, -0.2) is 0 Å². The van der Waals surface area contributed by atoms with Crippen LogP contribution < -0.4 is 19.5 Å². The van der Waals surface area contributed by atoms with E-state index in [1.54, 1.807) is 38.1 Å². The molecule has 25 heavy (non-hydrogen) atoms. The topological polar surface area (TPSA) is 99.9 Å². The first-order valence-corrected chi connectivity index (χ1v) is 8.52. The van der Waals surface area contributed by atoms with Crippen molar-refractivity contribution < 1.29 is 28.3 Å². The van der Waals surface area contributed by atoms with Crippen LogP contribution in [0, 0.1) is 6.92 Å². The molecule has 1 aromatic carbocycles. The molecule has 9 heteroatoms. The molecular formula is C16H16N2O6S. The van der Waals surface area contributed by atoms with Crippen molar-refractivity contribution in [3.63, 3.8) is 0 Å². The highest BCUT2D eigenvalue weighted by molar-refractivity contribution is 8.01. The van der Waals surface area contributed by atoms with Gasteiger partial charge in [-0.2, -0.15) is 0 Å². The van der Waals surface area contributed by atoms with E-state index in [1.807, 2.05) is 0 Å². The normalized spacial score (nSPS) is 13.4. The van der Waals surface area contributed by atoms with Gasteiger partial charge in [-0.15, -0.1) is 11.8 Å². The Kier molecular flexibility index (Phi) is 5.13. The third-order valence-electron chi connectivity index (χ3n) is 3.28. The van der Waals surface area contributed by atoms with Crippen LogP contribution in [0.4, 0.5) is 5.82 Å². The molecule has 1 N–H and O–H groups in total. The first kappa shape index (κ1) is 17.2. The standard InChI is InChI=1S/C16H16N2O6S/c1-9-5-14(18-24-9)17-16(20)10(2)25-7-15(19)23-11-3-4-12-13(6-11)22-8-21-12/h3-6,10H,7-8H2,1-2H3,(H,17,18,20)/t10-/m0/s1. The number of nitrogens with one attached hydrogen (secondary N) is 1. The Hall–Kier alpha value is -2.68. The summed E-state index contributed by atoms with van der Waals surface area (Å²) in [4.78, 5) is 24.0. The fourth-order valence-electron chi connectivity index (χ4n) is 2.02. The summed E-state index contributed by atoms with van der Waals surface area (Å²) in [6.45, 7) is 3.58. The Morgan fingerprint density at radius 3 is 2.88 bits per heavy atom. The van der Waals surface area contributed by atoms with Crippen molar-refractivity contribution in [1.82, 2.24) is 5.16 Å². The van der Waals surface area contributed by atoms with E-state index in [2.05, 4.69) is 10.5 Å². The molecule has 2 aromatic rings. The van der Waals surface area contributed by atoms with Gasteiger partial charge in [-0.3, -0.25) is 9.59 Å². The molecule has 1 aliphatic heterocycles. The van der Waals surface area contributed by atoms with Crippen LogP contribution in [0.1, 0.15) is 12.7 Å². The molecule has 132 valence electrons. The van der Waals surface area contributed by atoms with Crippen molar-refractivity contribution >= 4 is 29.5 Å². The minimum absolute atomic E-state index is 0.0286. The van der Waals surface area contributed by atoms with Crippen molar-refractivity contribution in [3.05, 3.63) is 30.0 Å². The first-order chi connectivity index (χ1) is 12.0. The van der Waals surface area contributed by atoms with E-state index in [0.717, 1.165) is 11.8 Å². The lowest BCUT2D eigenvalue weighted by molar-refractivity contribution is -0.131. The lowest BCUT2D eigenvalue weighted by atomic mass is 10.3. The smallest absolute Gasteiger partial charge is 0.321 e. The fraction of sp³-hybridized carbons (Fsp3) is 0.312. The van der Waals surface area contributed by atoms with E-state index < -0.39 is 11.2 Å². The zero-order chi connectivity index (χ0) is 17.8. The molecule has 0 unspecified atom stereocenters. The number of rotatable bonds is 6. The fourth-order valence-corrected chi connectivity index (χ4v) is 2.68.